The van der Waals surface area contributed by atoms with Gasteiger partial charge >= 0.3 is 5.97 Å². The second-order valence-corrected chi connectivity index (χ2v) is 6.27. The molecule has 0 saturated carbocycles. The highest BCUT2D eigenvalue weighted by Gasteiger charge is 2.32. The van der Waals surface area contributed by atoms with E-state index in [-0.39, 0.29) is 0 Å². The summed E-state index contributed by atoms with van der Waals surface area (Å²) in [6.07, 6.45) is 0.828. The smallest absolute Gasteiger partial charge is 0.327 e. The zero-order valence-electron chi connectivity index (χ0n) is 12.6. The number of halogens is 1. The molecule has 1 atom stereocenters. The highest BCUT2D eigenvalue weighted by atomic mass is 35.5. The number of fused-ring (bicyclic) bond motifs is 1. The van der Waals surface area contributed by atoms with Gasteiger partial charge in [0, 0.05) is 23.0 Å². The summed E-state index contributed by atoms with van der Waals surface area (Å²) in [6, 6.07) is 7.41. The van der Waals surface area contributed by atoms with Crippen molar-refractivity contribution in [1.82, 2.24) is 4.90 Å². The zero-order valence-corrected chi connectivity index (χ0v) is 13.2. The van der Waals surface area contributed by atoms with E-state index < -0.39 is 12.0 Å². The Morgan fingerprint density at radius 1 is 1.48 bits per heavy atom. The van der Waals surface area contributed by atoms with Crippen LogP contribution in [0.15, 0.2) is 35.7 Å². The summed E-state index contributed by atoms with van der Waals surface area (Å²) in [7, 11) is 1.31. The Morgan fingerprint density at radius 3 is 3.05 bits per heavy atom. The number of hydrogen-bond donors (Lipinski definition) is 0. The molecule has 0 aliphatic carbocycles. The number of hydrogen-bond acceptors (Lipinski definition) is 4. The molecule has 0 fully saturated rings. The topological polar surface area (TPSA) is 29.5 Å². The van der Waals surface area contributed by atoms with Gasteiger partial charge in [0.05, 0.1) is 8.48 Å². The Hall–Kier alpha value is -1.36. The average Bonchev–Trinajstić information content (AvgIpc) is 3.01. The summed E-state index contributed by atoms with van der Waals surface area (Å²) in [5.41, 5.74) is 1.63. The van der Waals surface area contributed by atoms with Crippen LogP contribution in [-0.4, -0.2) is 24.5 Å². The standard InChI is InChI=1S/C16H16ClNO2S/c1-20-16(19)15(12-4-2-3-5-13(12)17)18-8-6-14-11(10-18)7-9-21-14/h2-5,7,9,15H,6,8,10H2,1H3/t15-/m1/s1/i15D. The predicted molar refractivity (Wildman–Crippen MR) is 84.6 cm³/mol. The van der Waals surface area contributed by atoms with E-state index >= 15 is 0 Å². The molecular weight excluding hydrogens is 306 g/mol. The van der Waals surface area contributed by atoms with Gasteiger partial charge in [0.15, 0.2) is 0 Å². The maximum Gasteiger partial charge on any atom is 0.327 e. The molecule has 0 spiro atoms. The molecule has 110 valence electrons. The lowest BCUT2D eigenvalue weighted by Crippen LogP contribution is -2.38. The van der Waals surface area contributed by atoms with E-state index in [1.165, 1.54) is 17.6 Å². The predicted octanol–water partition coefficient (Wildman–Crippen LogP) is 3.67. The lowest BCUT2D eigenvalue weighted by atomic mass is 10.0. The quantitative estimate of drug-likeness (QED) is 0.807. The van der Waals surface area contributed by atoms with Crippen LogP contribution < -0.4 is 0 Å². The average molecular weight is 323 g/mol. The Bertz CT molecular complexity index is 705. The van der Waals surface area contributed by atoms with Gasteiger partial charge in [-0.3, -0.25) is 4.90 Å². The van der Waals surface area contributed by atoms with Gasteiger partial charge in [0.25, 0.3) is 0 Å². The van der Waals surface area contributed by atoms with E-state index in [0.717, 1.165) is 6.42 Å². The van der Waals surface area contributed by atoms with Gasteiger partial charge in [0.1, 0.15) is 6.02 Å². The Balaban J connectivity index is 2.04. The van der Waals surface area contributed by atoms with E-state index in [9.17, 15) is 4.79 Å². The van der Waals surface area contributed by atoms with E-state index in [1.54, 1.807) is 35.6 Å². The van der Waals surface area contributed by atoms with E-state index in [1.807, 2.05) is 10.3 Å². The Labute approximate surface area is 134 Å². The minimum Gasteiger partial charge on any atom is -0.468 e. The first-order valence-corrected chi connectivity index (χ1v) is 7.97. The summed E-state index contributed by atoms with van der Waals surface area (Å²) < 4.78 is 13.8. The fourth-order valence-electron chi connectivity index (χ4n) is 2.60. The molecule has 1 aromatic carbocycles. The highest BCUT2D eigenvalue weighted by Crippen LogP contribution is 2.33. The van der Waals surface area contributed by atoms with Crippen molar-refractivity contribution in [2.24, 2.45) is 0 Å². The van der Waals surface area contributed by atoms with Crippen molar-refractivity contribution in [3.05, 3.63) is 56.7 Å². The minimum atomic E-state index is -1.63. The van der Waals surface area contributed by atoms with Crippen molar-refractivity contribution in [3.63, 3.8) is 0 Å². The summed E-state index contributed by atoms with van der Waals surface area (Å²) in [5.74, 6) is -0.612. The molecule has 2 heterocycles. The number of benzene rings is 1. The summed E-state index contributed by atoms with van der Waals surface area (Å²) in [6.45, 7) is 1.17. The lowest BCUT2D eigenvalue weighted by Gasteiger charge is -2.33. The number of carbonyl (C=O) groups is 1. The molecule has 0 radical (unpaired) electrons. The fourth-order valence-corrected chi connectivity index (χ4v) is 3.71. The van der Waals surface area contributed by atoms with E-state index in [0.29, 0.717) is 23.7 Å². The molecule has 5 heteroatoms. The van der Waals surface area contributed by atoms with Gasteiger partial charge in [-0.2, -0.15) is 0 Å². The maximum absolute atomic E-state index is 12.4. The van der Waals surface area contributed by atoms with Crippen molar-refractivity contribution < 1.29 is 10.9 Å². The second-order valence-electron chi connectivity index (χ2n) is 4.86. The molecule has 1 aliphatic heterocycles. The molecule has 0 bridgehead atoms. The molecule has 0 N–H and O–H groups in total. The number of carbonyl (C=O) groups excluding carboxylic acids is 1. The Kier molecular flexibility index (Phi) is 3.92. The third kappa shape index (κ3) is 2.84. The maximum atomic E-state index is 12.4. The summed E-state index contributed by atoms with van der Waals surface area (Å²) in [4.78, 5) is 15.6. The first-order chi connectivity index (χ1) is 10.6. The lowest BCUT2D eigenvalue weighted by molar-refractivity contribution is -0.147. The largest absolute Gasteiger partial charge is 0.468 e. The fraction of sp³-hybridized carbons (Fsp3) is 0.312. The van der Waals surface area contributed by atoms with Crippen molar-refractivity contribution >= 4 is 28.9 Å². The van der Waals surface area contributed by atoms with Crippen LogP contribution in [0.4, 0.5) is 0 Å². The van der Waals surface area contributed by atoms with Crippen LogP contribution in [0.2, 0.25) is 5.02 Å². The van der Waals surface area contributed by atoms with E-state index in [2.05, 4.69) is 6.07 Å². The van der Waals surface area contributed by atoms with Crippen molar-refractivity contribution in [2.45, 2.75) is 19.0 Å². The zero-order chi connectivity index (χ0) is 15.7. The normalized spacial score (nSPS) is 18.5. The number of ether oxygens (including phenoxy) is 1. The third-order valence-corrected chi connectivity index (χ3v) is 4.98. The second kappa shape index (κ2) is 6.18. The van der Waals surface area contributed by atoms with Gasteiger partial charge in [-0.15, -0.1) is 11.3 Å². The first kappa shape index (κ1) is 13.3. The first-order valence-electron chi connectivity index (χ1n) is 7.21. The van der Waals surface area contributed by atoms with Gasteiger partial charge < -0.3 is 4.74 Å². The van der Waals surface area contributed by atoms with Crippen LogP contribution in [0.1, 0.15) is 23.4 Å². The molecule has 2 aromatic rings. The summed E-state index contributed by atoms with van der Waals surface area (Å²) >= 11 is 7.98. The van der Waals surface area contributed by atoms with Gasteiger partial charge in [-0.05, 0) is 35.1 Å². The van der Waals surface area contributed by atoms with Crippen LogP contribution in [0.5, 0.6) is 0 Å². The number of nitrogens with zero attached hydrogens (tertiary/aromatic N) is 1. The molecule has 0 amide bonds. The number of rotatable bonds is 3. The molecule has 1 aromatic heterocycles. The third-order valence-electron chi connectivity index (χ3n) is 3.63. The Morgan fingerprint density at radius 2 is 2.29 bits per heavy atom. The molecule has 0 unspecified atom stereocenters. The SMILES string of the molecule is [2H][C@](C(=O)OC)(c1ccccc1Cl)N1CCc2sccc2C1. The number of thiophene rings is 1. The van der Waals surface area contributed by atoms with Crippen LogP contribution in [0.3, 0.4) is 0 Å². The van der Waals surface area contributed by atoms with Crippen molar-refractivity contribution in [1.29, 1.82) is 0 Å². The van der Waals surface area contributed by atoms with E-state index in [4.69, 9.17) is 17.7 Å². The van der Waals surface area contributed by atoms with Crippen LogP contribution in [0, 0.1) is 0 Å². The van der Waals surface area contributed by atoms with Gasteiger partial charge in [-0.25, -0.2) is 4.79 Å². The number of esters is 1. The molecule has 3 rings (SSSR count). The molecule has 21 heavy (non-hydrogen) atoms. The van der Waals surface area contributed by atoms with Crippen LogP contribution >= 0.6 is 22.9 Å². The van der Waals surface area contributed by atoms with Crippen molar-refractivity contribution in [3.8, 4) is 0 Å². The highest BCUT2D eigenvalue weighted by molar-refractivity contribution is 7.10. The van der Waals surface area contributed by atoms with Gasteiger partial charge in [-0.1, -0.05) is 29.8 Å². The van der Waals surface area contributed by atoms with Gasteiger partial charge in [0.2, 0.25) is 0 Å². The van der Waals surface area contributed by atoms with Crippen LogP contribution in [-0.2, 0) is 22.5 Å². The minimum absolute atomic E-state index is 0.402. The monoisotopic (exact) mass is 322 g/mol. The summed E-state index contributed by atoms with van der Waals surface area (Å²) in [5, 5.41) is 2.45. The van der Waals surface area contributed by atoms with Crippen molar-refractivity contribution in [2.75, 3.05) is 13.7 Å². The number of methoxy groups -OCH3 is 1. The molecule has 1 aliphatic rings. The molecule has 0 saturated heterocycles. The van der Waals surface area contributed by atoms with Crippen LogP contribution in [0.25, 0.3) is 0 Å². The molecular formula is C16H16ClNO2S. The molecule has 3 nitrogen and oxygen atoms in total.